The van der Waals surface area contributed by atoms with Crippen molar-refractivity contribution in [2.45, 2.75) is 26.7 Å². The largest absolute Gasteiger partial charge is 0.483 e. The van der Waals surface area contributed by atoms with E-state index in [2.05, 4.69) is 40.3 Å². The average Bonchev–Trinajstić information content (AvgIpc) is 2.53. The number of carbonyl (C=O) groups is 1. The molecule has 1 amide bonds. The number of benzene rings is 2. The lowest BCUT2D eigenvalue weighted by Crippen LogP contribution is -2.24. The number of ether oxygens (including phenoxy) is 1. The SMILES string of the molecule is Cc1cccc(C=NNC(=O)COc2ccc(C(C)C)cc2Br)c1. The van der Waals surface area contributed by atoms with Gasteiger partial charge in [0.05, 0.1) is 10.7 Å². The van der Waals surface area contributed by atoms with Crippen molar-refractivity contribution in [2.24, 2.45) is 5.10 Å². The standard InChI is InChI=1S/C19H21BrN2O2/c1-13(2)16-7-8-18(17(20)10-16)24-12-19(23)22-21-11-15-6-4-5-14(3)9-15/h4-11,13H,12H2,1-3H3,(H,22,23). The molecule has 0 heterocycles. The summed E-state index contributed by atoms with van der Waals surface area (Å²) in [6.45, 7) is 6.17. The molecule has 4 nitrogen and oxygen atoms in total. The van der Waals surface area contributed by atoms with Crippen LogP contribution >= 0.6 is 15.9 Å². The molecule has 5 heteroatoms. The number of halogens is 1. The second-order valence-electron chi connectivity index (χ2n) is 5.84. The molecule has 0 unspecified atom stereocenters. The first-order valence-electron chi connectivity index (χ1n) is 7.76. The van der Waals surface area contributed by atoms with E-state index in [1.54, 1.807) is 6.21 Å². The van der Waals surface area contributed by atoms with Gasteiger partial charge in [-0.05, 0) is 52.0 Å². The average molecular weight is 389 g/mol. The predicted molar refractivity (Wildman–Crippen MR) is 101 cm³/mol. The molecule has 2 aromatic rings. The van der Waals surface area contributed by atoms with Gasteiger partial charge in [-0.3, -0.25) is 4.79 Å². The van der Waals surface area contributed by atoms with Gasteiger partial charge < -0.3 is 4.74 Å². The molecule has 0 bridgehead atoms. The van der Waals surface area contributed by atoms with Crippen LogP contribution in [-0.4, -0.2) is 18.7 Å². The molecule has 24 heavy (non-hydrogen) atoms. The van der Waals surface area contributed by atoms with Gasteiger partial charge in [-0.2, -0.15) is 5.10 Å². The number of carbonyl (C=O) groups excluding carboxylic acids is 1. The van der Waals surface area contributed by atoms with Crippen LogP contribution in [0.1, 0.15) is 36.5 Å². The van der Waals surface area contributed by atoms with Crippen LogP contribution in [0.25, 0.3) is 0 Å². The Morgan fingerprint density at radius 1 is 1.29 bits per heavy atom. The van der Waals surface area contributed by atoms with Gasteiger partial charge >= 0.3 is 0 Å². The number of rotatable bonds is 6. The van der Waals surface area contributed by atoms with E-state index in [0.29, 0.717) is 11.7 Å². The van der Waals surface area contributed by atoms with Crippen molar-refractivity contribution >= 4 is 28.1 Å². The summed E-state index contributed by atoms with van der Waals surface area (Å²) >= 11 is 3.47. The van der Waals surface area contributed by atoms with E-state index >= 15 is 0 Å². The minimum Gasteiger partial charge on any atom is -0.483 e. The monoisotopic (exact) mass is 388 g/mol. The maximum absolute atomic E-state index is 11.8. The Kier molecular flexibility index (Phi) is 6.55. The highest BCUT2D eigenvalue weighted by molar-refractivity contribution is 9.10. The molecule has 0 atom stereocenters. The van der Waals surface area contributed by atoms with Gasteiger partial charge in [0.1, 0.15) is 5.75 Å². The quantitative estimate of drug-likeness (QED) is 0.588. The highest BCUT2D eigenvalue weighted by Gasteiger charge is 2.07. The number of nitrogens with zero attached hydrogens (tertiary/aromatic N) is 1. The minimum atomic E-state index is -0.307. The summed E-state index contributed by atoms with van der Waals surface area (Å²) in [4.78, 5) is 11.8. The second-order valence-corrected chi connectivity index (χ2v) is 6.69. The molecule has 2 aromatic carbocycles. The number of aryl methyl sites for hydroxylation is 1. The number of hydrazone groups is 1. The van der Waals surface area contributed by atoms with Gasteiger partial charge in [0.2, 0.25) is 0 Å². The summed E-state index contributed by atoms with van der Waals surface area (Å²) in [5.74, 6) is 0.769. The minimum absolute atomic E-state index is 0.0925. The molecule has 0 aliphatic carbocycles. The van der Waals surface area contributed by atoms with E-state index in [1.165, 1.54) is 5.56 Å². The van der Waals surface area contributed by atoms with Crippen molar-refractivity contribution in [1.82, 2.24) is 5.43 Å². The molecule has 0 aliphatic heterocycles. The van der Waals surface area contributed by atoms with E-state index in [4.69, 9.17) is 4.74 Å². The molecule has 0 spiro atoms. The number of amides is 1. The molecule has 0 aliphatic rings. The van der Waals surface area contributed by atoms with Gasteiger partial charge in [0, 0.05) is 0 Å². The van der Waals surface area contributed by atoms with E-state index in [-0.39, 0.29) is 12.5 Å². The highest BCUT2D eigenvalue weighted by Crippen LogP contribution is 2.28. The van der Waals surface area contributed by atoms with Gasteiger partial charge in [0.25, 0.3) is 5.91 Å². The van der Waals surface area contributed by atoms with Gasteiger partial charge in [-0.25, -0.2) is 5.43 Å². The normalized spacial score (nSPS) is 11.0. The highest BCUT2D eigenvalue weighted by atomic mass is 79.9. The van der Waals surface area contributed by atoms with Crippen molar-refractivity contribution in [1.29, 1.82) is 0 Å². The molecule has 126 valence electrons. The number of hydrogen-bond acceptors (Lipinski definition) is 3. The Labute approximate surface area is 151 Å². The van der Waals surface area contributed by atoms with Crippen LogP contribution in [0.3, 0.4) is 0 Å². The predicted octanol–water partition coefficient (Wildman–Crippen LogP) is 4.41. The lowest BCUT2D eigenvalue weighted by molar-refractivity contribution is -0.123. The summed E-state index contributed by atoms with van der Waals surface area (Å²) in [5, 5.41) is 3.94. The molecule has 0 aromatic heterocycles. The zero-order valence-corrected chi connectivity index (χ0v) is 15.6. The van der Waals surface area contributed by atoms with Crippen molar-refractivity contribution < 1.29 is 9.53 Å². The lowest BCUT2D eigenvalue weighted by atomic mass is 10.0. The first-order chi connectivity index (χ1) is 11.5. The molecular weight excluding hydrogens is 368 g/mol. The van der Waals surface area contributed by atoms with Crippen LogP contribution in [0.5, 0.6) is 5.75 Å². The summed E-state index contributed by atoms with van der Waals surface area (Å²) in [5.41, 5.74) is 5.75. The van der Waals surface area contributed by atoms with Crippen LogP contribution in [0, 0.1) is 6.92 Å². The van der Waals surface area contributed by atoms with Crippen molar-refractivity contribution in [2.75, 3.05) is 6.61 Å². The third kappa shape index (κ3) is 5.49. The van der Waals surface area contributed by atoms with Crippen LogP contribution in [0.15, 0.2) is 52.0 Å². The number of nitrogens with one attached hydrogen (secondary N) is 1. The van der Waals surface area contributed by atoms with Gasteiger partial charge in [-0.15, -0.1) is 0 Å². The zero-order chi connectivity index (χ0) is 17.5. The van der Waals surface area contributed by atoms with Gasteiger partial charge in [-0.1, -0.05) is 49.7 Å². The van der Waals surface area contributed by atoms with Crippen molar-refractivity contribution in [3.8, 4) is 5.75 Å². The fraction of sp³-hybridized carbons (Fsp3) is 0.263. The summed E-state index contributed by atoms with van der Waals surface area (Å²) in [6.07, 6.45) is 1.61. The Bertz CT molecular complexity index is 742. The molecule has 0 radical (unpaired) electrons. The first-order valence-corrected chi connectivity index (χ1v) is 8.56. The third-order valence-corrected chi connectivity index (χ3v) is 4.05. The lowest BCUT2D eigenvalue weighted by Gasteiger charge is -2.10. The fourth-order valence-corrected chi connectivity index (χ4v) is 2.61. The van der Waals surface area contributed by atoms with E-state index < -0.39 is 0 Å². The Balaban J connectivity index is 1.85. The van der Waals surface area contributed by atoms with Crippen LogP contribution < -0.4 is 10.2 Å². The number of hydrogen-bond donors (Lipinski definition) is 1. The van der Waals surface area contributed by atoms with E-state index in [9.17, 15) is 4.79 Å². The summed E-state index contributed by atoms with van der Waals surface area (Å²) in [7, 11) is 0. The van der Waals surface area contributed by atoms with Gasteiger partial charge in [0.15, 0.2) is 6.61 Å². The van der Waals surface area contributed by atoms with Crippen molar-refractivity contribution in [3.63, 3.8) is 0 Å². The molecular formula is C19H21BrN2O2. The Morgan fingerprint density at radius 3 is 2.75 bits per heavy atom. The molecule has 0 fully saturated rings. The third-order valence-electron chi connectivity index (χ3n) is 3.43. The Morgan fingerprint density at radius 2 is 2.08 bits per heavy atom. The van der Waals surface area contributed by atoms with Crippen molar-refractivity contribution in [3.05, 3.63) is 63.6 Å². The maximum Gasteiger partial charge on any atom is 0.277 e. The van der Waals surface area contributed by atoms with Crippen LogP contribution in [-0.2, 0) is 4.79 Å². The molecule has 1 N–H and O–H groups in total. The van der Waals surface area contributed by atoms with Crippen LogP contribution in [0.4, 0.5) is 0 Å². The van der Waals surface area contributed by atoms with E-state index in [0.717, 1.165) is 15.6 Å². The molecule has 0 saturated heterocycles. The fourth-order valence-electron chi connectivity index (χ4n) is 2.10. The second kappa shape index (κ2) is 8.64. The summed E-state index contributed by atoms with van der Waals surface area (Å²) in [6, 6.07) is 13.7. The zero-order valence-electron chi connectivity index (χ0n) is 14.0. The Hall–Kier alpha value is -2.14. The molecule has 0 saturated carbocycles. The van der Waals surface area contributed by atoms with Crippen LogP contribution in [0.2, 0.25) is 0 Å². The smallest absolute Gasteiger partial charge is 0.277 e. The first kappa shape index (κ1) is 18.2. The summed E-state index contributed by atoms with van der Waals surface area (Å²) < 4.78 is 6.36. The van der Waals surface area contributed by atoms with E-state index in [1.807, 2.05) is 49.4 Å². The maximum atomic E-state index is 11.8. The topological polar surface area (TPSA) is 50.7 Å². The molecule has 2 rings (SSSR count).